The predicted molar refractivity (Wildman–Crippen MR) is 139 cm³/mol. The zero-order chi connectivity index (χ0) is 25.4. The van der Waals surface area contributed by atoms with Crippen LogP contribution in [0.2, 0.25) is 0 Å². The third-order valence-corrected chi connectivity index (χ3v) is 7.43. The molecule has 35 heavy (non-hydrogen) atoms. The number of hydrogen-bond donors (Lipinski definition) is 1. The Hall–Kier alpha value is -3.65. The van der Waals surface area contributed by atoms with E-state index in [1.54, 1.807) is 49.4 Å². The third kappa shape index (κ3) is 6.27. The first-order valence-electron chi connectivity index (χ1n) is 11.6. The van der Waals surface area contributed by atoms with Crippen LogP contribution in [0.4, 0.5) is 11.4 Å². The molecule has 0 radical (unpaired) electrons. The van der Waals surface area contributed by atoms with Gasteiger partial charge in [-0.25, -0.2) is 8.42 Å². The number of benzene rings is 3. The lowest BCUT2D eigenvalue weighted by molar-refractivity contribution is -0.116. The lowest BCUT2D eigenvalue weighted by atomic mass is 10.2. The number of carbonyl (C=O) groups is 2. The van der Waals surface area contributed by atoms with E-state index >= 15 is 0 Å². The van der Waals surface area contributed by atoms with Crippen molar-refractivity contribution >= 4 is 33.2 Å². The van der Waals surface area contributed by atoms with E-state index in [0.29, 0.717) is 24.3 Å². The molecule has 7 nitrogen and oxygen atoms in total. The summed E-state index contributed by atoms with van der Waals surface area (Å²) >= 11 is 0. The zero-order valence-corrected chi connectivity index (χ0v) is 21.1. The molecular formula is C27H31N3O4S. The van der Waals surface area contributed by atoms with Crippen molar-refractivity contribution in [3.05, 3.63) is 90.0 Å². The van der Waals surface area contributed by atoms with Gasteiger partial charge in [0.25, 0.3) is 15.9 Å². The number of nitrogens with one attached hydrogen (secondary N) is 1. The largest absolute Gasteiger partial charge is 0.329 e. The minimum absolute atomic E-state index is 0.0230. The number of sulfonamides is 1. The van der Waals surface area contributed by atoms with Crippen LogP contribution in [-0.4, -0.2) is 44.8 Å². The Kier molecular flexibility index (Phi) is 8.65. The van der Waals surface area contributed by atoms with Gasteiger partial charge in [-0.05, 0) is 62.2 Å². The van der Waals surface area contributed by atoms with Crippen LogP contribution in [0.1, 0.15) is 36.2 Å². The number of rotatable bonds is 10. The Labute approximate surface area is 207 Å². The number of carbonyl (C=O) groups excluding carboxylic acids is 2. The van der Waals surface area contributed by atoms with E-state index < -0.39 is 15.9 Å². The second-order valence-electron chi connectivity index (χ2n) is 8.12. The van der Waals surface area contributed by atoms with E-state index in [0.717, 1.165) is 5.56 Å². The maximum absolute atomic E-state index is 13.4. The molecule has 3 aromatic rings. The van der Waals surface area contributed by atoms with Gasteiger partial charge in [-0.15, -0.1) is 0 Å². The first-order chi connectivity index (χ1) is 16.8. The van der Waals surface area contributed by atoms with Crippen molar-refractivity contribution in [3.63, 3.8) is 0 Å². The van der Waals surface area contributed by atoms with E-state index in [4.69, 9.17) is 0 Å². The van der Waals surface area contributed by atoms with Crippen molar-refractivity contribution in [2.45, 2.75) is 32.1 Å². The highest BCUT2D eigenvalue weighted by Gasteiger charge is 2.26. The van der Waals surface area contributed by atoms with Crippen molar-refractivity contribution in [2.24, 2.45) is 0 Å². The number of hydrogen-bond acceptors (Lipinski definition) is 4. The van der Waals surface area contributed by atoms with Crippen LogP contribution in [0.5, 0.6) is 0 Å². The summed E-state index contributed by atoms with van der Waals surface area (Å²) in [6, 6.07) is 22.2. The lowest BCUT2D eigenvalue weighted by Gasteiger charge is -2.24. The molecule has 3 rings (SSSR count). The van der Waals surface area contributed by atoms with Gasteiger partial charge in [-0.3, -0.25) is 13.9 Å². The predicted octanol–water partition coefficient (Wildman–Crippen LogP) is 4.70. The molecule has 0 saturated carbocycles. The highest BCUT2D eigenvalue weighted by atomic mass is 32.2. The smallest absolute Gasteiger partial charge is 0.264 e. The average molecular weight is 494 g/mol. The number of anilines is 2. The van der Waals surface area contributed by atoms with Crippen molar-refractivity contribution in [3.8, 4) is 0 Å². The second kappa shape index (κ2) is 11.7. The van der Waals surface area contributed by atoms with Crippen molar-refractivity contribution in [2.75, 3.05) is 29.3 Å². The van der Waals surface area contributed by atoms with Gasteiger partial charge in [-0.2, -0.15) is 0 Å². The zero-order valence-electron chi connectivity index (χ0n) is 20.3. The monoisotopic (exact) mass is 493 g/mol. The number of nitrogens with zero attached hydrogens (tertiary/aromatic N) is 2. The molecule has 0 fully saturated rings. The fourth-order valence-corrected chi connectivity index (χ4v) is 5.30. The molecule has 0 bridgehead atoms. The molecule has 2 amide bonds. The van der Waals surface area contributed by atoms with E-state index in [1.165, 1.54) is 21.3 Å². The molecule has 3 aromatic carbocycles. The summed E-state index contributed by atoms with van der Waals surface area (Å²) in [6.45, 7) is 6.04. The molecule has 184 valence electrons. The summed E-state index contributed by atoms with van der Waals surface area (Å²) in [5.41, 5.74) is 2.38. The number of aryl methyl sites for hydroxylation is 1. The highest BCUT2D eigenvalue weighted by molar-refractivity contribution is 7.92. The first-order valence-corrected chi connectivity index (χ1v) is 13.0. The Morgan fingerprint density at radius 1 is 0.886 bits per heavy atom. The van der Waals surface area contributed by atoms with Crippen LogP contribution in [0, 0.1) is 6.92 Å². The Morgan fingerprint density at radius 3 is 2.23 bits per heavy atom. The molecule has 0 spiro atoms. The fraction of sp³-hybridized carbons (Fsp3) is 0.259. The van der Waals surface area contributed by atoms with E-state index in [9.17, 15) is 18.0 Å². The highest BCUT2D eigenvalue weighted by Crippen LogP contribution is 2.24. The number of para-hydroxylation sites is 2. The maximum Gasteiger partial charge on any atom is 0.264 e. The summed E-state index contributed by atoms with van der Waals surface area (Å²) in [6.07, 6.45) is 0.652. The minimum Gasteiger partial charge on any atom is -0.329 e. The van der Waals surface area contributed by atoms with E-state index in [1.807, 2.05) is 38.1 Å². The molecule has 8 heteroatoms. The van der Waals surface area contributed by atoms with Crippen LogP contribution in [0.3, 0.4) is 0 Å². The van der Waals surface area contributed by atoms with Crippen LogP contribution in [0.25, 0.3) is 0 Å². The van der Waals surface area contributed by atoms with Gasteiger partial charge >= 0.3 is 0 Å². The van der Waals surface area contributed by atoms with E-state index in [2.05, 4.69) is 5.32 Å². The molecule has 0 saturated heterocycles. The van der Waals surface area contributed by atoms with Gasteiger partial charge in [0.1, 0.15) is 6.54 Å². The molecule has 1 N–H and O–H groups in total. The maximum atomic E-state index is 13.4. The van der Waals surface area contributed by atoms with Gasteiger partial charge in [0, 0.05) is 24.3 Å². The Balaban J connectivity index is 1.83. The van der Waals surface area contributed by atoms with Crippen molar-refractivity contribution < 1.29 is 18.0 Å². The van der Waals surface area contributed by atoms with Gasteiger partial charge < -0.3 is 10.2 Å². The summed E-state index contributed by atoms with van der Waals surface area (Å²) in [5, 5.41) is 2.85. The standard InChI is InChI=1S/C27H31N3O4S/c1-4-18-29(20-26(31)28-25-17-10-9-12-21(25)3)27(32)22-13-11-16-24(19-22)35(33,34)30(5-2)23-14-7-6-8-15-23/h6-17,19H,4-5,18,20H2,1-3H3,(H,28,31). The fourth-order valence-electron chi connectivity index (χ4n) is 3.78. The average Bonchev–Trinajstić information content (AvgIpc) is 2.86. The molecular weight excluding hydrogens is 462 g/mol. The van der Waals surface area contributed by atoms with Crippen LogP contribution in [-0.2, 0) is 14.8 Å². The first kappa shape index (κ1) is 26.0. The minimum atomic E-state index is -3.88. The van der Waals surface area contributed by atoms with Crippen LogP contribution >= 0.6 is 0 Å². The molecule has 0 aromatic heterocycles. The normalized spacial score (nSPS) is 11.1. The van der Waals surface area contributed by atoms with Crippen molar-refractivity contribution in [1.82, 2.24) is 4.90 Å². The Bertz CT molecular complexity index is 1280. The lowest BCUT2D eigenvalue weighted by Crippen LogP contribution is -2.38. The molecule has 0 atom stereocenters. The molecule has 0 unspecified atom stereocenters. The van der Waals surface area contributed by atoms with Gasteiger partial charge in [-0.1, -0.05) is 49.4 Å². The van der Waals surface area contributed by atoms with Crippen LogP contribution in [0.15, 0.2) is 83.8 Å². The molecule has 0 heterocycles. The molecule has 0 aliphatic carbocycles. The number of amides is 2. The molecule has 0 aliphatic rings. The molecule has 0 aliphatic heterocycles. The van der Waals surface area contributed by atoms with Crippen molar-refractivity contribution in [1.29, 1.82) is 0 Å². The topological polar surface area (TPSA) is 86.8 Å². The third-order valence-electron chi connectivity index (χ3n) is 5.53. The summed E-state index contributed by atoms with van der Waals surface area (Å²) in [4.78, 5) is 27.5. The summed E-state index contributed by atoms with van der Waals surface area (Å²) in [7, 11) is -3.88. The van der Waals surface area contributed by atoms with Gasteiger partial charge in [0.15, 0.2) is 0 Å². The quantitative estimate of drug-likeness (QED) is 0.444. The van der Waals surface area contributed by atoms with E-state index in [-0.39, 0.29) is 29.5 Å². The summed E-state index contributed by atoms with van der Waals surface area (Å²) < 4.78 is 28.1. The summed E-state index contributed by atoms with van der Waals surface area (Å²) in [5.74, 6) is -0.710. The Morgan fingerprint density at radius 2 is 1.57 bits per heavy atom. The van der Waals surface area contributed by atoms with Gasteiger partial charge in [0.2, 0.25) is 5.91 Å². The van der Waals surface area contributed by atoms with Gasteiger partial charge in [0.05, 0.1) is 10.6 Å². The SMILES string of the molecule is CCCN(CC(=O)Nc1ccccc1C)C(=O)c1cccc(S(=O)(=O)N(CC)c2ccccc2)c1. The van der Waals surface area contributed by atoms with Crippen LogP contribution < -0.4 is 9.62 Å². The second-order valence-corrected chi connectivity index (χ2v) is 9.99.